The summed E-state index contributed by atoms with van der Waals surface area (Å²) in [6, 6.07) is 13.2. The average molecular weight is 472 g/mol. The number of rotatable bonds is 9. The second kappa shape index (κ2) is 10.2. The van der Waals surface area contributed by atoms with Gasteiger partial charge in [0, 0.05) is 26.6 Å². The first-order valence-corrected chi connectivity index (χ1v) is 12.4. The van der Waals surface area contributed by atoms with E-state index in [0.717, 1.165) is 15.4 Å². The number of hydrogen-bond donors (Lipinski definition) is 1. The maximum absolute atomic E-state index is 13.2. The van der Waals surface area contributed by atoms with Crippen LogP contribution in [0.15, 0.2) is 53.4 Å². The van der Waals surface area contributed by atoms with Crippen molar-refractivity contribution in [2.45, 2.75) is 50.6 Å². The maximum Gasteiger partial charge on any atom is 0.269 e. The number of carbonyl (C=O) groups excluding carboxylic acids is 3. The molecular weight excluding hydrogens is 442 g/mol. The van der Waals surface area contributed by atoms with Gasteiger partial charge in [-0.3, -0.25) is 14.4 Å². The van der Waals surface area contributed by atoms with Crippen molar-refractivity contribution < 1.29 is 22.8 Å². The summed E-state index contributed by atoms with van der Waals surface area (Å²) in [6.07, 6.45) is 0.604. The highest BCUT2D eigenvalue weighted by Crippen LogP contribution is 2.30. The van der Waals surface area contributed by atoms with E-state index in [1.807, 2.05) is 38.1 Å². The van der Waals surface area contributed by atoms with Crippen LogP contribution in [0.4, 0.5) is 0 Å². The van der Waals surface area contributed by atoms with Gasteiger partial charge in [-0.05, 0) is 37.5 Å². The van der Waals surface area contributed by atoms with Gasteiger partial charge in [0.25, 0.3) is 15.9 Å². The molecule has 0 aliphatic carbocycles. The molecule has 1 atom stereocenters. The van der Waals surface area contributed by atoms with Crippen molar-refractivity contribution in [3.63, 3.8) is 0 Å². The Morgan fingerprint density at radius 3 is 2.48 bits per heavy atom. The monoisotopic (exact) mass is 471 g/mol. The van der Waals surface area contributed by atoms with Crippen LogP contribution in [0.25, 0.3) is 0 Å². The first-order valence-electron chi connectivity index (χ1n) is 10.9. The van der Waals surface area contributed by atoms with Crippen molar-refractivity contribution in [3.8, 4) is 0 Å². The van der Waals surface area contributed by atoms with Crippen LogP contribution < -0.4 is 5.32 Å². The summed E-state index contributed by atoms with van der Waals surface area (Å²) in [5.74, 6) is -1.11. The molecular formula is C24H29N3O5S. The summed E-state index contributed by atoms with van der Waals surface area (Å²) in [5.41, 5.74) is 2.10. The summed E-state index contributed by atoms with van der Waals surface area (Å²) >= 11 is 0. The fourth-order valence-electron chi connectivity index (χ4n) is 4.06. The van der Waals surface area contributed by atoms with E-state index in [9.17, 15) is 22.8 Å². The van der Waals surface area contributed by atoms with Crippen molar-refractivity contribution >= 4 is 27.7 Å². The quantitative estimate of drug-likeness (QED) is 0.605. The third-order valence-corrected chi connectivity index (χ3v) is 7.57. The van der Waals surface area contributed by atoms with Crippen molar-refractivity contribution in [1.82, 2.24) is 14.5 Å². The van der Waals surface area contributed by atoms with E-state index in [0.29, 0.717) is 6.42 Å². The number of nitrogens with one attached hydrogen (secondary N) is 1. The van der Waals surface area contributed by atoms with Crippen LogP contribution in [0, 0.1) is 6.92 Å². The lowest BCUT2D eigenvalue weighted by Crippen LogP contribution is -2.48. The van der Waals surface area contributed by atoms with Crippen LogP contribution in [-0.2, 0) is 26.2 Å². The third kappa shape index (κ3) is 5.08. The minimum atomic E-state index is -3.91. The summed E-state index contributed by atoms with van der Waals surface area (Å²) in [5, 5.41) is 2.61. The normalized spacial score (nSPS) is 15.1. The number of fused-ring (bicyclic) bond motifs is 1. The maximum atomic E-state index is 13.2. The summed E-state index contributed by atoms with van der Waals surface area (Å²) in [6.45, 7) is 3.95. The van der Waals surface area contributed by atoms with Crippen molar-refractivity contribution in [2.24, 2.45) is 0 Å². The molecule has 1 unspecified atom stereocenters. The Morgan fingerprint density at radius 2 is 1.85 bits per heavy atom. The lowest BCUT2D eigenvalue weighted by Gasteiger charge is -2.30. The molecule has 0 radical (unpaired) electrons. The number of benzene rings is 2. The topological polar surface area (TPSA) is 104 Å². The summed E-state index contributed by atoms with van der Waals surface area (Å²) < 4.78 is 26.3. The Labute approximate surface area is 194 Å². The molecule has 2 aromatic rings. The second-order valence-electron chi connectivity index (χ2n) is 8.03. The van der Waals surface area contributed by atoms with Crippen LogP contribution in [-0.4, -0.2) is 55.0 Å². The summed E-state index contributed by atoms with van der Waals surface area (Å²) in [4.78, 5) is 39.7. The first-order chi connectivity index (χ1) is 15.7. The van der Waals surface area contributed by atoms with Crippen LogP contribution in [0.2, 0.25) is 0 Å². The molecule has 1 aliphatic heterocycles. The number of aryl methyl sites for hydroxylation is 1. The highest BCUT2D eigenvalue weighted by molar-refractivity contribution is 7.90. The molecule has 1 aliphatic rings. The largest absolute Gasteiger partial charge is 0.357 e. The third-order valence-electron chi connectivity index (χ3n) is 5.73. The van der Waals surface area contributed by atoms with Gasteiger partial charge in [0.2, 0.25) is 11.8 Å². The predicted molar refractivity (Wildman–Crippen MR) is 124 cm³/mol. The van der Waals surface area contributed by atoms with Gasteiger partial charge >= 0.3 is 0 Å². The van der Waals surface area contributed by atoms with E-state index < -0.39 is 22.0 Å². The van der Waals surface area contributed by atoms with Crippen molar-refractivity contribution in [1.29, 1.82) is 0 Å². The molecule has 33 heavy (non-hydrogen) atoms. The zero-order valence-electron chi connectivity index (χ0n) is 19.1. The van der Waals surface area contributed by atoms with Gasteiger partial charge in [-0.1, -0.05) is 48.9 Å². The number of carbonyl (C=O) groups is 3. The highest BCUT2D eigenvalue weighted by atomic mass is 32.2. The molecule has 0 aromatic heterocycles. The molecule has 1 heterocycles. The van der Waals surface area contributed by atoms with Gasteiger partial charge in [-0.2, -0.15) is 0 Å². The van der Waals surface area contributed by atoms with Gasteiger partial charge in [0.15, 0.2) is 0 Å². The van der Waals surface area contributed by atoms with E-state index in [4.69, 9.17) is 0 Å². The molecule has 0 fully saturated rings. The summed E-state index contributed by atoms with van der Waals surface area (Å²) in [7, 11) is -2.38. The molecule has 176 valence electrons. The van der Waals surface area contributed by atoms with Gasteiger partial charge in [0.1, 0.15) is 10.9 Å². The standard InChI is InChI=1S/C24H29N3O5S/c1-4-20(23(29)25-3)26(16-18-10-7-9-17(2)15-18)22(28)13-8-14-27-24(30)19-11-5-6-12-21(19)33(27,31)32/h5-7,9-12,15,20H,4,8,13-14,16H2,1-3H3,(H,25,29). The fourth-order valence-corrected chi connectivity index (χ4v) is 5.67. The zero-order chi connectivity index (χ0) is 24.2. The van der Waals surface area contributed by atoms with Crippen LogP contribution in [0.1, 0.15) is 47.7 Å². The Hall–Kier alpha value is -3.20. The van der Waals surface area contributed by atoms with Crippen molar-refractivity contribution in [2.75, 3.05) is 13.6 Å². The Kier molecular flexibility index (Phi) is 7.53. The smallest absolute Gasteiger partial charge is 0.269 e. The van der Waals surface area contributed by atoms with Crippen LogP contribution >= 0.6 is 0 Å². The Bertz CT molecular complexity index is 1160. The lowest BCUT2D eigenvalue weighted by atomic mass is 10.1. The molecule has 3 rings (SSSR count). The SMILES string of the molecule is CCC(C(=O)NC)N(Cc1cccc(C)c1)C(=O)CCCN1C(=O)c2ccccc2S1(=O)=O. The molecule has 3 amide bonds. The number of nitrogens with zero attached hydrogens (tertiary/aromatic N) is 2. The van der Waals surface area contributed by atoms with E-state index in [1.54, 1.807) is 12.1 Å². The molecule has 9 heteroatoms. The van der Waals surface area contributed by atoms with Gasteiger partial charge in [0.05, 0.1) is 5.56 Å². The van der Waals surface area contributed by atoms with E-state index >= 15 is 0 Å². The second-order valence-corrected chi connectivity index (χ2v) is 9.86. The molecule has 1 N–H and O–H groups in total. The minimum Gasteiger partial charge on any atom is -0.357 e. The number of sulfonamides is 1. The molecule has 8 nitrogen and oxygen atoms in total. The molecule has 0 spiro atoms. The van der Waals surface area contributed by atoms with Crippen LogP contribution in [0.3, 0.4) is 0 Å². The first kappa shape index (κ1) is 24.4. The average Bonchev–Trinajstić information content (AvgIpc) is 2.99. The Morgan fingerprint density at radius 1 is 1.12 bits per heavy atom. The van der Waals surface area contributed by atoms with E-state index in [1.165, 1.54) is 24.1 Å². The number of hydrogen-bond acceptors (Lipinski definition) is 5. The zero-order valence-corrected chi connectivity index (χ0v) is 19.9. The lowest BCUT2D eigenvalue weighted by molar-refractivity contribution is -0.141. The van der Waals surface area contributed by atoms with Crippen LogP contribution in [0.5, 0.6) is 0 Å². The Balaban J connectivity index is 1.73. The van der Waals surface area contributed by atoms with Gasteiger partial charge < -0.3 is 10.2 Å². The molecule has 0 bridgehead atoms. The van der Waals surface area contributed by atoms with E-state index in [-0.39, 0.29) is 48.2 Å². The molecule has 0 saturated carbocycles. The van der Waals surface area contributed by atoms with Gasteiger partial charge in [-0.25, -0.2) is 12.7 Å². The highest BCUT2D eigenvalue weighted by Gasteiger charge is 2.40. The number of likely N-dealkylation sites (N-methyl/N-ethyl adjacent to an activating group) is 1. The van der Waals surface area contributed by atoms with Crippen molar-refractivity contribution in [3.05, 3.63) is 65.2 Å². The molecule has 0 saturated heterocycles. The minimum absolute atomic E-state index is 0.00642. The van der Waals surface area contributed by atoms with Gasteiger partial charge in [-0.15, -0.1) is 0 Å². The fraction of sp³-hybridized carbons (Fsp3) is 0.375. The molecule has 2 aromatic carbocycles. The van der Waals surface area contributed by atoms with E-state index in [2.05, 4.69) is 5.32 Å². The predicted octanol–water partition coefficient (Wildman–Crippen LogP) is 2.47. The number of amides is 3.